The molecule has 100 valence electrons. The van der Waals surface area contributed by atoms with Crippen LogP contribution >= 0.6 is 0 Å². The Morgan fingerprint density at radius 3 is 2.61 bits per heavy atom. The zero-order valence-corrected chi connectivity index (χ0v) is 11.2. The summed E-state index contributed by atoms with van der Waals surface area (Å²) in [5, 5.41) is 14.0. The fraction of sp³-hybridized carbons (Fsp3) is 0.667. The molecule has 1 fully saturated rings. The number of rotatable bonds is 4. The van der Waals surface area contributed by atoms with E-state index in [1.54, 1.807) is 0 Å². The quantitative estimate of drug-likeness (QED) is 0.805. The highest BCUT2D eigenvalue weighted by atomic mass is 16.3. The minimum absolute atomic E-state index is 0.193. The first-order valence-corrected chi connectivity index (χ1v) is 7.06. The van der Waals surface area contributed by atoms with Gasteiger partial charge in [-0.05, 0) is 31.9 Å². The Morgan fingerprint density at radius 1 is 1.28 bits per heavy atom. The van der Waals surface area contributed by atoms with Gasteiger partial charge in [0.2, 0.25) is 0 Å². The maximum atomic E-state index is 10.6. The lowest BCUT2D eigenvalue weighted by Gasteiger charge is -2.28. The van der Waals surface area contributed by atoms with Crippen molar-refractivity contribution in [2.45, 2.75) is 57.1 Å². The molecule has 3 heteroatoms. The third-order valence-corrected chi connectivity index (χ3v) is 3.90. The van der Waals surface area contributed by atoms with Crippen molar-refractivity contribution in [2.75, 3.05) is 6.54 Å². The first-order valence-electron chi connectivity index (χ1n) is 7.06. The molecule has 2 rings (SSSR count). The van der Waals surface area contributed by atoms with E-state index < -0.39 is 5.60 Å². The van der Waals surface area contributed by atoms with Gasteiger partial charge >= 0.3 is 0 Å². The van der Waals surface area contributed by atoms with E-state index >= 15 is 0 Å². The maximum absolute atomic E-state index is 10.6. The van der Waals surface area contributed by atoms with Crippen molar-refractivity contribution in [1.29, 1.82) is 0 Å². The smallest absolute Gasteiger partial charge is 0.0771 e. The van der Waals surface area contributed by atoms with Crippen LogP contribution in [0.1, 0.15) is 57.2 Å². The van der Waals surface area contributed by atoms with Gasteiger partial charge in [0.05, 0.1) is 11.3 Å². The van der Waals surface area contributed by atoms with E-state index in [-0.39, 0.29) is 6.04 Å². The third-order valence-electron chi connectivity index (χ3n) is 3.90. The van der Waals surface area contributed by atoms with Crippen molar-refractivity contribution in [3.8, 4) is 0 Å². The molecule has 18 heavy (non-hydrogen) atoms. The molecule has 0 spiro atoms. The van der Waals surface area contributed by atoms with Crippen LogP contribution in [0, 0.1) is 0 Å². The lowest BCUT2D eigenvalue weighted by Crippen LogP contribution is -2.41. The molecule has 1 aromatic heterocycles. The van der Waals surface area contributed by atoms with Gasteiger partial charge in [-0.2, -0.15) is 0 Å². The second kappa shape index (κ2) is 6.30. The van der Waals surface area contributed by atoms with Gasteiger partial charge in [-0.15, -0.1) is 0 Å². The molecule has 0 saturated heterocycles. The third kappa shape index (κ3) is 3.79. The lowest BCUT2D eigenvalue weighted by atomic mass is 9.94. The summed E-state index contributed by atoms with van der Waals surface area (Å²) in [5.41, 5.74) is 0.522. The Bertz CT molecular complexity index is 345. The molecular weight excluding hydrogens is 224 g/mol. The van der Waals surface area contributed by atoms with E-state index in [1.807, 2.05) is 24.4 Å². The highest BCUT2D eigenvalue weighted by molar-refractivity contribution is 5.07. The summed E-state index contributed by atoms with van der Waals surface area (Å²) in [5.74, 6) is 0. The number of hydrogen-bond acceptors (Lipinski definition) is 3. The van der Waals surface area contributed by atoms with Crippen LogP contribution in [-0.4, -0.2) is 22.2 Å². The monoisotopic (exact) mass is 248 g/mol. The van der Waals surface area contributed by atoms with Crippen LogP contribution in [0.5, 0.6) is 0 Å². The van der Waals surface area contributed by atoms with E-state index in [9.17, 15) is 5.11 Å². The van der Waals surface area contributed by atoms with Crippen molar-refractivity contribution in [2.24, 2.45) is 0 Å². The van der Waals surface area contributed by atoms with Crippen LogP contribution in [0.2, 0.25) is 0 Å². The Morgan fingerprint density at radius 2 is 2.00 bits per heavy atom. The minimum Gasteiger partial charge on any atom is -0.389 e. The SMILES string of the molecule is C[C@H](NCC1(O)CCCCCC1)c1ccccn1. The molecule has 3 nitrogen and oxygen atoms in total. The van der Waals surface area contributed by atoms with E-state index in [2.05, 4.69) is 17.2 Å². The number of aliphatic hydroxyl groups is 1. The number of aromatic nitrogens is 1. The number of pyridine rings is 1. The molecule has 1 aromatic rings. The molecule has 1 aliphatic carbocycles. The average Bonchev–Trinajstić information content (AvgIpc) is 2.62. The second-order valence-corrected chi connectivity index (χ2v) is 5.50. The summed E-state index contributed by atoms with van der Waals surface area (Å²) in [6, 6.07) is 6.14. The Kier molecular flexibility index (Phi) is 4.72. The van der Waals surface area contributed by atoms with Gasteiger partial charge < -0.3 is 10.4 Å². The fourth-order valence-electron chi connectivity index (χ4n) is 2.64. The number of nitrogens with zero attached hydrogens (tertiary/aromatic N) is 1. The van der Waals surface area contributed by atoms with Gasteiger partial charge in [0, 0.05) is 18.8 Å². The van der Waals surface area contributed by atoms with E-state index in [0.717, 1.165) is 31.4 Å². The van der Waals surface area contributed by atoms with Crippen LogP contribution in [0.25, 0.3) is 0 Å². The standard InChI is InChI=1S/C15H24N2O/c1-13(14-8-4-7-11-16-14)17-12-15(18)9-5-2-3-6-10-15/h4,7-8,11,13,17-18H,2-3,5-6,9-10,12H2,1H3/t13-/m0/s1. The maximum Gasteiger partial charge on any atom is 0.0771 e. The molecule has 1 heterocycles. The topological polar surface area (TPSA) is 45.1 Å². The predicted molar refractivity (Wildman–Crippen MR) is 73.3 cm³/mol. The molecule has 0 radical (unpaired) electrons. The summed E-state index contributed by atoms with van der Waals surface area (Å²) < 4.78 is 0. The zero-order valence-electron chi connectivity index (χ0n) is 11.2. The van der Waals surface area contributed by atoms with Crippen molar-refractivity contribution in [3.63, 3.8) is 0 Å². The largest absolute Gasteiger partial charge is 0.389 e. The van der Waals surface area contributed by atoms with Crippen molar-refractivity contribution in [1.82, 2.24) is 10.3 Å². The Hall–Kier alpha value is -0.930. The Labute approximate surface area is 110 Å². The molecule has 0 unspecified atom stereocenters. The average molecular weight is 248 g/mol. The fourth-order valence-corrected chi connectivity index (χ4v) is 2.64. The van der Waals surface area contributed by atoms with Gasteiger partial charge in [0.25, 0.3) is 0 Å². The highest BCUT2D eigenvalue weighted by Crippen LogP contribution is 2.27. The summed E-state index contributed by atoms with van der Waals surface area (Å²) in [6.07, 6.45) is 8.49. The normalized spacial score (nSPS) is 21.2. The Balaban J connectivity index is 1.86. The first-order chi connectivity index (χ1) is 8.70. The summed E-state index contributed by atoms with van der Waals surface area (Å²) in [6.45, 7) is 2.77. The van der Waals surface area contributed by atoms with Crippen LogP contribution in [0.3, 0.4) is 0 Å². The molecule has 1 aliphatic rings. The van der Waals surface area contributed by atoms with Crippen molar-refractivity contribution < 1.29 is 5.11 Å². The lowest BCUT2D eigenvalue weighted by molar-refractivity contribution is 0.0230. The summed E-state index contributed by atoms with van der Waals surface area (Å²) in [7, 11) is 0. The highest BCUT2D eigenvalue weighted by Gasteiger charge is 2.28. The molecule has 1 atom stereocenters. The summed E-state index contributed by atoms with van der Waals surface area (Å²) >= 11 is 0. The van der Waals surface area contributed by atoms with E-state index in [4.69, 9.17) is 0 Å². The van der Waals surface area contributed by atoms with Crippen LogP contribution in [0.4, 0.5) is 0 Å². The van der Waals surface area contributed by atoms with Crippen LogP contribution in [-0.2, 0) is 0 Å². The first kappa shape index (κ1) is 13.5. The zero-order chi connectivity index (χ0) is 12.8. The molecule has 2 N–H and O–H groups in total. The molecule has 0 aliphatic heterocycles. The summed E-state index contributed by atoms with van der Waals surface area (Å²) in [4.78, 5) is 4.34. The van der Waals surface area contributed by atoms with Gasteiger partial charge in [-0.1, -0.05) is 31.7 Å². The predicted octanol–water partition coefficient (Wildman–Crippen LogP) is 2.82. The number of nitrogens with one attached hydrogen (secondary N) is 1. The van der Waals surface area contributed by atoms with Gasteiger partial charge in [-0.25, -0.2) is 0 Å². The van der Waals surface area contributed by atoms with Gasteiger partial charge in [0.15, 0.2) is 0 Å². The molecule has 0 bridgehead atoms. The second-order valence-electron chi connectivity index (χ2n) is 5.50. The van der Waals surface area contributed by atoms with Crippen molar-refractivity contribution >= 4 is 0 Å². The molecular formula is C15H24N2O. The van der Waals surface area contributed by atoms with Crippen molar-refractivity contribution in [3.05, 3.63) is 30.1 Å². The van der Waals surface area contributed by atoms with E-state index in [1.165, 1.54) is 12.8 Å². The van der Waals surface area contributed by atoms with Crippen LogP contribution in [0.15, 0.2) is 24.4 Å². The van der Waals surface area contributed by atoms with E-state index in [0.29, 0.717) is 6.54 Å². The van der Waals surface area contributed by atoms with Crippen LogP contribution < -0.4 is 5.32 Å². The molecule has 0 aromatic carbocycles. The molecule has 1 saturated carbocycles. The minimum atomic E-state index is -0.514. The van der Waals surface area contributed by atoms with Gasteiger partial charge in [0.1, 0.15) is 0 Å². The van der Waals surface area contributed by atoms with Gasteiger partial charge in [-0.3, -0.25) is 4.98 Å². The number of hydrogen-bond donors (Lipinski definition) is 2. The molecule has 0 amide bonds.